The lowest BCUT2D eigenvalue weighted by atomic mass is 10.2. The first-order valence-electron chi connectivity index (χ1n) is 5.43. The molecule has 0 radical (unpaired) electrons. The highest BCUT2D eigenvalue weighted by Crippen LogP contribution is 2.14. The summed E-state index contributed by atoms with van der Waals surface area (Å²) in [5, 5.41) is 2.71. The largest absolute Gasteiger partial charge is 0.320 e. The first kappa shape index (κ1) is 12.2. The summed E-state index contributed by atoms with van der Waals surface area (Å²) in [4.78, 5) is 19.5. The SMILES string of the molecule is Cc1ccc(NC(=O)c2ccc(F)nc2)c(C)n1. The first-order valence-corrected chi connectivity index (χ1v) is 5.43. The summed E-state index contributed by atoms with van der Waals surface area (Å²) in [6.07, 6.45) is 1.20. The van der Waals surface area contributed by atoms with E-state index in [2.05, 4.69) is 15.3 Å². The molecule has 0 aliphatic heterocycles. The third-order valence-corrected chi connectivity index (χ3v) is 2.46. The van der Waals surface area contributed by atoms with Crippen molar-refractivity contribution in [1.82, 2.24) is 9.97 Å². The van der Waals surface area contributed by atoms with Gasteiger partial charge in [-0.25, -0.2) is 4.98 Å². The number of nitrogens with one attached hydrogen (secondary N) is 1. The van der Waals surface area contributed by atoms with Gasteiger partial charge in [0.1, 0.15) is 0 Å². The van der Waals surface area contributed by atoms with E-state index in [1.54, 1.807) is 6.07 Å². The van der Waals surface area contributed by atoms with Crippen molar-refractivity contribution >= 4 is 11.6 Å². The van der Waals surface area contributed by atoms with E-state index in [9.17, 15) is 9.18 Å². The molecule has 0 fully saturated rings. The molecule has 0 aromatic carbocycles. The summed E-state index contributed by atoms with van der Waals surface area (Å²) in [6.45, 7) is 3.69. The van der Waals surface area contributed by atoms with E-state index in [4.69, 9.17) is 0 Å². The molecule has 0 saturated carbocycles. The van der Waals surface area contributed by atoms with Crippen molar-refractivity contribution in [2.75, 3.05) is 5.32 Å². The predicted molar refractivity (Wildman–Crippen MR) is 65.9 cm³/mol. The van der Waals surface area contributed by atoms with E-state index in [0.717, 1.165) is 17.5 Å². The maximum Gasteiger partial charge on any atom is 0.257 e. The van der Waals surface area contributed by atoms with Gasteiger partial charge in [0.05, 0.1) is 16.9 Å². The number of aromatic nitrogens is 2. The Balaban J connectivity index is 2.18. The fourth-order valence-corrected chi connectivity index (χ4v) is 1.52. The van der Waals surface area contributed by atoms with Crippen LogP contribution in [0.5, 0.6) is 0 Å². The average molecular weight is 245 g/mol. The highest BCUT2D eigenvalue weighted by atomic mass is 19.1. The first-order chi connectivity index (χ1) is 8.56. The van der Waals surface area contributed by atoms with Crippen LogP contribution >= 0.6 is 0 Å². The smallest absolute Gasteiger partial charge is 0.257 e. The number of hydrogen-bond acceptors (Lipinski definition) is 3. The molecule has 4 nitrogen and oxygen atoms in total. The van der Waals surface area contributed by atoms with E-state index >= 15 is 0 Å². The van der Waals surface area contributed by atoms with Crippen molar-refractivity contribution in [3.8, 4) is 0 Å². The van der Waals surface area contributed by atoms with Crippen LogP contribution in [-0.4, -0.2) is 15.9 Å². The van der Waals surface area contributed by atoms with E-state index in [1.165, 1.54) is 12.3 Å². The highest BCUT2D eigenvalue weighted by Gasteiger charge is 2.08. The Bertz CT molecular complexity index is 581. The molecular weight excluding hydrogens is 233 g/mol. The molecule has 0 saturated heterocycles. The third-order valence-electron chi connectivity index (χ3n) is 2.46. The molecule has 1 amide bonds. The van der Waals surface area contributed by atoms with E-state index in [1.807, 2.05) is 19.9 Å². The van der Waals surface area contributed by atoms with Crippen LogP contribution in [0.4, 0.5) is 10.1 Å². The predicted octanol–water partition coefficient (Wildman–Crippen LogP) is 2.48. The number of halogens is 1. The second-order valence-electron chi connectivity index (χ2n) is 3.91. The van der Waals surface area contributed by atoms with Gasteiger partial charge in [0, 0.05) is 11.9 Å². The van der Waals surface area contributed by atoms with Crippen molar-refractivity contribution in [1.29, 1.82) is 0 Å². The standard InChI is InChI=1S/C13H12FN3O/c1-8-3-5-11(9(2)16-8)17-13(18)10-4-6-12(14)15-7-10/h3-7H,1-2H3,(H,17,18). The van der Waals surface area contributed by atoms with Crippen molar-refractivity contribution in [3.63, 3.8) is 0 Å². The minimum Gasteiger partial charge on any atom is -0.320 e. The summed E-state index contributed by atoms with van der Waals surface area (Å²) >= 11 is 0. The molecule has 0 spiro atoms. The van der Waals surface area contributed by atoms with Gasteiger partial charge >= 0.3 is 0 Å². The highest BCUT2D eigenvalue weighted by molar-refractivity contribution is 6.04. The fraction of sp³-hybridized carbons (Fsp3) is 0.154. The molecule has 0 unspecified atom stereocenters. The third kappa shape index (κ3) is 2.68. The molecular formula is C13H12FN3O. The monoisotopic (exact) mass is 245 g/mol. The van der Waals surface area contributed by atoms with Crippen LogP contribution in [-0.2, 0) is 0 Å². The number of pyridine rings is 2. The second kappa shape index (κ2) is 4.91. The molecule has 2 aromatic heterocycles. The lowest BCUT2D eigenvalue weighted by molar-refractivity contribution is 0.102. The summed E-state index contributed by atoms with van der Waals surface area (Å²) in [5.41, 5.74) is 2.55. The molecule has 0 aliphatic rings. The maximum atomic E-state index is 12.6. The molecule has 0 atom stereocenters. The fourth-order valence-electron chi connectivity index (χ4n) is 1.52. The minimum absolute atomic E-state index is 0.302. The Labute approximate surface area is 104 Å². The van der Waals surface area contributed by atoms with Gasteiger partial charge in [-0.3, -0.25) is 9.78 Å². The molecule has 2 rings (SSSR count). The maximum absolute atomic E-state index is 12.6. The normalized spacial score (nSPS) is 10.2. The zero-order chi connectivity index (χ0) is 13.1. The number of hydrogen-bond donors (Lipinski definition) is 1. The van der Waals surface area contributed by atoms with Crippen molar-refractivity contribution in [3.05, 3.63) is 53.4 Å². The average Bonchev–Trinajstić information content (AvgIpc) is 2.33. The van der Waals surface area contributed by atoms with Crippen molar-refractivity contribution in [2.45, 2.75) is 13.8 Å². The van der Waals surface area contributed by atoms with Gasteiger partial charge in [-0.15, -0.1) is 0 Å². The Morgan fingerprint density at radius 1 is 1.22 bits per heavy atom. The molecule has 0 bridgehead atoms. The number of carbonyl (C=O) groups excluding carboxylic acids is 1. The van der Waals surface area contributed by atoms with Gasteiger partial charge < -0.3 is 5.32 Å². The number of nitrogens with zero attached hydrogens (tertiary/aromatic N) is 2. The zero-order valence-electron chi connectivity index (χ0n) is 10.1. The van der Waals surface area contributed by atoms with Crippen LogP contribution in [0.25, 0.3) is 0 Å². The van der Waals surface area contributed by atoms with Gasteiger partial charge in [-0.2, -0.15) is 4.39 Å². The van der Waals surface area contributed by atoms with Gasteiger partial charge in [-0.05, 0) is 38.1 Å². The number of aryl methyl sites for hydroxylation is 2. The van der Waals surface area contributed by atoms with Crippen LogP contribution in [0, 0.1) is 19.8 Å². The summed E-state index contributed by atoms with van der Waals surface area (Å²) < 4.78 is 12.6. The van der Waals surface area contributed by atoms with Gasteiger partial charge in [0.2, 0.25) is 5.95 Å². The van der Waals surface area contributed by atoms with E-state index in [0.29, 0.717) is 11.3 Å². The molecule has 5 heteroatoms. The van der Waals surface area contributed by atoms with Crippen LogP contribution in [0.2, 0.25) is 0 Å². The number of carbonyl (C=O) groups is 1. The number of amides is 1. The lowest BCUT2D eigenvalue weighted by Crippen LogP contribution is -2.13. The lowest BCUT2D eigenvalue weighted by Gasteiger charge is -2.08. The van der Waals surface area contributed by atoms with Crippen LogP contribution in [0.1, 0.15) is 21.7 Å². The molecule has 92 valence electrons. The Hall–Kier alpha value is -2.30. The Morgan fingerprint density at radius 3 is 2.61 bits per heavy atom. The van der Waals surface area contributed by atoms with E-state index < -0.39 is 5.95 Å². The van der Waals surface area contributed by atoms with Gasteiger partial charge in [0.15, 0.2) is 0 Å². The number of rotatable bonds is 2. The van der Waals surface area contributed by atoms with Crippen LogP contribution in [0.15, 0.2) is 30.5 Å². The van der Waals surface area contributed by atoms with Gasteiger partial charge in [-0.1, -0.05) is 0 Å². The van der Waals surface area contributed by atoms with Crippen LogP contribution in [0.3, 0.4) is 0 Å². The minimum atomic E-state index is -0.611. The zero-order valence-corrected chi connectivity index (χ0v) is 10.1. The Morgan fingerprint density at radius 2 is 2.00 bits per heavy atom. The van der Waals surface area contributed by atoms with E-state index in [-0.39, 0.29) is 5.91 Å². The van der Waals surface area contributed by atoms with Crippen molar-refractivity contribution < 1.29 is 9.18 Å². The Kier molecular flexibility index (Phi) is 3.32. The summed E-state index contributed by atoms with van der Waals surface area (Å²) in [5.74, 6) is -0.948. The van der Waals surface area contributed by atoms with Gasteiger partial charge in [0.25, 0.3) is 5.91 Å². The quantitative estimate of drug-likeness (QED) is 0.827. The summed E-state index contributed by atoms with van der Waals surface area (Å²) in [7, 11) is 0. The van der Waals surface area contributed by atoms with Crippen molar-refractivity contribution in [2.24, 2.45) is 0 Å². The van der Waals surface area contributed by atoms with Crippen LogP contribution < -0.4 is 5.32 Å². The molecule has 18 heavy (non-hydrogen) atoms. The topological polar surface area (TPSA) is 54.9 Å². The molecule has 2 aromatic rings. The second-order valence-corrected chi connectivity index (χ2v) is 3.91. The number of anilines is 1. The molecule has 1 N–H and O–H groups in total. The summed E-state index contributed by atoms with van der Waals surface area (Å²) in [6, 6.07) is 6.13. The molecule has 0 aliphatic carbocycles. The molecule has 2 heterocycles.